The Balaban J connectivity index is 1.60. The summed E-state index contributed by atoms with van der Waals surface area (Å²) in [5.41, 5.74) is 4.48. The molecule has 0 aliphatic carbocycles. The van der Waals surface area contributed by atoms with E-state index >= 15 is 0 Å². The maximum Gasteiger partial charge on any atom is 0.113 e. The van der Waals surface area contributed by atoms with E-state index in [0.29, 0.717) is 6.04 Å². The molecule has 1 fully saturated rings. The molecule has 2 aromatic carbocycles. The summed E-state index contributed by atoms with van der Waals surface area (Å²) in [6.45, 7) is 1.96. The van der Waals surface area contributed by atoms with E-state index in [0.717, 1.165) is 24.3 Å². The fourth-order valence-corrected chi connectivity index (χ4v) is 2.51. The highest BCUT2D eigenvalue weighted by atomic mass is 15.4. The van der Waals surface area contributed by atoms with Crippen LogP contribution in [0.15, 0.2) is 60.8 Å². The van der Waals surface area contributed by atoms with Crippen LogP contribution in [0, 0.1) is 0 Å². The second kappa shape index (κ2) is 5.14. The highest BCUT2D eigenvalue weighted by Crippen LogP contribution is 2.24. The molecule has 1 aliphatic rings. The van der Waals surface area contributed by atoms with Crippen molar-refractivity contribution in [1.29, 1.82) is 0 Å². The van der Waals surface area contributed by atoms with Crippen LogP contribution in [0.3, 0.4) is 0 Å². The summed E-state index contributed by atoms with van der Waals surface area (Å²) in [6, 6.07) is 19.3. The minimum absolute atomic E-state index is 0.454. The molecule has 4 heteroatoms. The van der Waals surface area contributed by atoms with Gasteiger partial charge in [0.05, 0.1) is 12.2 Å². The van der Waals surface area contributed by atoms with Crippen molar-refractivity contribution in [3.05, 3.63) is 60.8 Å². The van der Waals surface area contributed by atoms with Crippen LogP contribution in [-0.4, -0.2) is 28.1 Å². The molecule has 0 unspecified atom stereocenters. The van der Waals surface area contributed by atoms with Crippen LogP contribution >= 0.6 is 0 Å². The van der Waals surface area contributed by atoms with Gasteiger partial charge in [0.2, 0.25) is 0 Å². The number of nitrogens with zero attached hydrogens (tertiary/aromatic N) is 3. The summed E-state index contributed by atoms with van der Waals surface area (Å²) in [4.78, 5) is 0. The number of aromatic nitrogens is 3. The normalized spacial score (nSPS) is 14.9. The first-order valence-electron chi connectivity index (χ1n) is 7.18. The van der Waals surface area contributed by atoms with E-state index in [2.05, 4.69) is 64.2 Å². The predicted octanol–water partition coefficient (Wildman–Crippen LogP) is 2.76. The van der Waals surface area contributed by atoms with Gasteiger partial charge in [0.25, 0.3) is 0 Å². The van der Waals surface area contributed by atoms with Crippen molar-refractivity contribution in [2.45, 2.75) is 6.04 Å². The van der Waals surface area contributed by atoms with E-state index in [9.17, 15) is 0 Å². The van der Waals surface area contributed by atoms with E-state index in [1.54, 1.807) is 0 Å². The van der Waals surface area contributed by atoms with Gasteiger partial charge in [0.15, 0.2) is 0 Å². The van der Waals surface area contributed by atoms with E-state index < -0.39 is 0 Å². The average molecular weight is 276 g/mol. The van der Waals surface area contributed by atoms with E-state index in [4.69, 9.17) is 0 Å². The molecular weight excluding hydrogens is 260 g/mol. The molecule has 1 aromatic heterocycles. The second-order valence-electron chi connectivity index (χ2n) is 5.34. The SMILES string of the molecule is c1ccc(-c2ccc(-c3cn(C4CNC4)nn3)cc2)cc1. The number of benzene rings is 2. The molecule has 0 radical (unpaired) electrons. The van der Waals surface area contributed by atoms with Crippen LogP contribution in [0.25, 0.3) is 22.4 Å². The van der Waals surface area contributed by atoms with Crippen molar-refractivity contribution in [2.24, 2.45) is 0 Å². The number of nitrogens with one attached hydrogen (secondary N) is 1. The molecule has 1 aliphatic heterocycles. The summed E-state index contributed by atoms with van der Waals surface area (Å²) in [5, 5.41) is 11.7. The molecule has 0 atom stereocenters. The van der Waals surface area contributed by atoms with Crippen molar-refractivity contribution in [3.8, 4) is 22.4 Å². The standard InChI is InChI=1S/C17H16N4/c1-2-4-13(5-3-1)14-6-8-15(9-7-14)17-12-21(20-19-17)16-10-18-11-16/h1-9,12,16,18H,10-11H2. The maximum atomic E-state index is 4.28. The maximum absolute atomic E-state index is 4.28. The summed E-state index contributed by atoms with van der Waals surface area (Å²) < 4.78 is 1.96. The molecule has 1 N–H and O–H groups in total. The molecule has 4 nitrogen and oxygen atoms in total. The molecule has 0 saturated carbocycles. The van der Waals surface area contributed by atoms with Crippen LogP contribution < -0.4 is 5.32 Å². The Morgan fingerprint density at radius 1 is 0.857 bits per heavy atom. The van der Waals surface area contributed by atoms with Gasteiger partial charge in [-0.2, -0.15) is 0 Å². The third-order valence-electron chi connectivity index (χ3n) is 3.93. The van der Waals surface area contributed by atoms with Gasteiger partial charge in [0, 0.05) is 18.7 Å². The highest BCUT2D eigenvalue weighted by molar-refractivity contribution is 5.68. The van der Waals surface area contributed by atoms with Gasteiger partial charge in [-0.3, -0.25) is 0 Å². The molecule has 3 aromatic rings. The summed E-state index contributed by atoms with van der Waals surface area (Å²) in [6.07, 6.45) is 2.03. The van der Waals surface area contributed by atoms with Gasteiger partial charge in [0.1, 0.15) is 5.69 Å². The smallest absolute Gasteiger partial charge is 0.113 e. The lowest BCUT2D eigenvalue weighted by Gasteiger charge is -2.26. The van der Waals surface area contributed by atoms with Crippen molar-refractivity contribution in [1.82, 2.24) is 20.3 Å². The largest absolute Gasteiger partial charge is 0.312 e. The molecule has 2 heterocycles. The molecule has 0 amide bonds. The number of hydrogen-bond acceptors (Lipinski definition) is 3. The van der Waals surface area contributed by atoms with E-state index in [1.165, 1.54) is 11.1 Å². The van der Waals surface area contributed by atoms with Gasteiger partial charge >= 0.3 is 0 Å². The first kappa shape index (κ1) is 12.3. The van der Waals surface area contributed by atoms with Crippen LogP contribution in [0.2, 0.25) is 0 Å². The zero-order chi connectivity index (χ0) is 14.1. The molecule has 4 rings (SSSR count). The summed E-state index contributed by atoms with van der Waals surface area (Å²) in [7, 11) is 0. The first-order chi connectivity index (χ1) is 10.4. The summed E-state index contributed by atoms with van der Waals surface area (Å²) >= 11 is 0. The van der Waals surface area contributed by atoms with Gasteiger partial charge in [-0.25, -0.2) is 4.68 Å². The number of hydrogen-bond donors (Lipinski definition) is 1. The monoisotopic (exact) mass is 276 g/mol. The van der Waals surface area contributed by atoms with E-state index in [1.807, 2.05) is 16.9 Å². The molecule has 104 valence electrons. The Labute approximate surface area is 123 Å². The fourth-order valence-electron chi connectivity index (χ4n) is 2.51. The number of rotatable bonds is 3. The summed E-state index contributed by atoms with van der Waals surface area (Å²) in [5.74, 6) is 0. The lowest BCUT2D eigenvalue weighted by molar-refractivity contribution is 0.313. The van der Waals surface area contributed by atoms with Crippen molar-refractivity contribution >= 4 is 0 Å². The van der Waals surface area contributed by atoms with Crippen molar-refractivity contribution in [2.75, 3.05) is 13.1 Å². The highest BCUT2D eigenvalue weighted by Gasteiger charge is 2.20. The molecule has 0 spiro atoms. The molecular formula is C17H16N4. The predicted molar refractivity (Wildman–Crippen MR) is 82.8 cm³/mol. The fraction of sp³-hybridized carbons (Fsp3) is 0.176. The third-order valence-corrected chi connectivity index (χ3v) is 3.93. The quantitative estimate of drug-likeness (QED) is 0.800. The van der Waals surface area contributed by atoms with Gasteiger partial charge < -0.3 is 5.32 Å². The van der Waals surface area contributed by atoms with Gasteiger partial charge in [-0.15, -0.1) is 5.10 Å². The van der Waals surface area contributed by atoms with E-state index in [-0.39, 0.29) is 0 Å². The minimum Gasteiger partial charge on any atom is -0.312 e. The van der Waals surface area contributed by atoms with Gasteiger partial charge in [-0.05, 0) is 11.1 Å². The lowest BCUT2D eigenvalue weighted by Crippen LogP contribution is -2.43. The van der Waals surface area contributed by atoms with Crippen molar-refractivity contribution in [3.63, 3.8) is 0 Å². The van der Waals surface area contributed by atoms with Crippen LogP contribution in [-0.2, 0) is 0 Å². The zero-order valence-corrected chi connectivity index (χ0v) is 11.6. The van der Waals surface area contributed by atoms with Crippen molar-refractivity contribution < 1.29 is 0 Å². The second-order valence-corrected chi connectivity index (χ2v) is 5.34. The lowest BCUT2D eigenvalue weighted by atomic mass is 10.0. The topological polar surface area (TPSA) is 42.7 Å². The Kier molecular flexibility index (Phi) is 3.01. The van der Waals surface area contributed by atoms with Crippen LogP contribution in [0.5, 0.6) is 0 Å². The van der Waals surface area contributed by atoms with Crippen LogP contribution in [0.1, 0.15) is 6.04 Å². The van der Waals surface area contributed by atoms with Crippen LogP contribution in [0.4, 0.5) is 0 Å². The molecule has 1 saturated heterocycles. The first-order valence-corrected chi connectivity index (χ1v) is 7.18. The minimum atomic E-state index is 0.454. The third kappa shape index (κ3) is 2.34. The zero-order valence-electron chi connectivity index (χ0n) is 11.6. The molecule has 0 bridgehead atoms. The Bertz CT molecular complexity index is 727. The van der Waals surface area contributed by atoms with Gasteiger partial charge in [-0.1, -0.05) is 59.8 Å². The molecule has 21 heavy (non-hydrogen) atoms. The Morgan fingerprint density at radius 2 is 1.52 bits per heavy atom. The average Bonchev–Trinajstić information content (AvgIpc) is 2.96. The Morgan fingerprint density at radius 3 is 2.19 bits per heavy atom. The Hall–Kier alpha value is -2.46.